The molecule has 0 aromatic carbocycles. The van der Waals surface area contributed by atoms with Gasteiger partial charge in [0.05, 0.1) is 6.33 Å². The molecule has 0 saturated carbocycles. The van der Waals surface area contributed by atoms with Gasteiger partial charge in [0, 0.05) is 31.5 Å². The monoisotopic (exact) mass is 208 g/mol. The summed E-state index contributed by atoms with van der Waals surface area (Å²) in [6.45, 7) is 4.54. The molecule has 1 aliphatic heterocycles. The van der Waals surface area contributed by atoms with Gasteiger partial charge in [0.25, 0.3) is 0 Å². The van der Waals surface area contributed by atoms with E-state index in [4.69, 9.17) is 0 Å². The Bertz CT molecular complexity index is 252. The molecule has 84 valence electrons. The van der Waals surface area contributed by atoms with Crippen LogP contribution in [0, 0.1) is 0 Å². The third kappa shape index (κ3) is 3.64. The van der Waals surface area contributed by atoms with Crippen LogP contribution >= 0.6 is 0 Å². The SMILES string of the molecule is c1cn(CCCCNC2CCNC2)cn1. The first kappa shape index (κ1) is 10.6. The van der Waals surface area contributed by atoms with Crippen LogP contribution in [0.15, 0.2) is 18.7 Å². The molecule has 1 aromatic rings. The van der Waals surface area contributed by atoms with Crippen molar-refractivity contribution in [3.05, 3.63) is 18.7 Å². The zero-order chi connectivity index (χ0) is 10.3. The summed E-state index contributed by atoms with van der Waals surface area (Å²) in [5.41, 5.74) is 0. The van der Waals surface area contributed by atoms with Crippen molar-refractivity contribution in [3.63, 3.8) is 0 Å². The maximum atomic E-state index is 4.02. The van der Waals surface area contributed by atoms with E-state index in [0.29, 0.717) is 6.04 Å². The van der Waals surface area contributed by atoms with Crippen LogP contribution in [0.1, 0.15) is 19.3 Å². The Kier molecular flexibility index (Phi) is 4.17. The standard InChI is InChI=1S/C11H20N4/c1(2-7-15-8-6-13-10-15)4-14-11-3-5-12-9-11/h6,8,10-12,14H,1-5,7,9H2. The Hall–Kier alpha value is -0.870. The molecule has 1 saturated heterocycles. The van der Waals surface area contributed by atoms with Gasteiger partial charge >= 0.3 is 0 Å². The minimum atomic E-state index is 0.707. The Morgan fingerprint density at radius 2 is 2.47 bits per heavy atom. The van der Waals surface area contributed by atoms with Crippen molar-refractivity contribution < 1.29 is 0 Å². The number of unbranched alkanes of at least 4 members (excludes halogenated alkanes) is 1. The van der Waals surface area contributed by atoms with E-state index >= 15 is 0 Å². The smallest absolute Gasteiger partial charge is 0.0945 e. The predicted molar refractivity (Wildman–Crippen MR) is 60.7 cm³/mol. The molecule has 1 atom stereocenters. The van der Waals surface area contributed by atoms with Crippen LogP contribution in [0.25, 0.3) is 0 Å². The van der Waals surface area contributed by atoms with Crippen molar-refractivity contribution in [1.29, 1.82) is 0 Å². The molecule has 1 aromatic heterocycles. The van der Waals surface area contributed by atoms with E-state index in [0.717, 1.165) is 19.6 Å². The van der Waals surface area contributed by atoms with Crippen molar-refractivity contribution in [2.45, 2.75) is 31.8 Å². The summed E-state index contributed by atoms with van der Waals surface area (Å²) in [5, 5.41) is 6.94. The van der Waals surface area contributed by atoms with Crippen LogP contribution in [0.4, 0.5) is 0 Å². The Balaban J connectivity index is 1.48. The Morgan fingerprint density at radius 3 is 3.20 bits per heavy atom. The highest BCUT2D eigenvalue weighted by Gasteiger charge is 2.12. The van der Waals surface area contributed by atoms with E-state index in [-0.39, 0.29) is 0 Å². The molecule has 1 aliphatic rings. The molecule has 0 spiro atoms. The largest absolute Gasteiger partial charge is 0.337 e. The number of aryl methyl sites for hydroxylation is 1. The molecule has 4 heteroatoms. The number of rotatable bonds is 6. The minimum Gasteiger partial charge on any atom is -0.337 e. The van der Waals surface area contributed by atoms with Crippen LogP contribution in [-0.2, 0) is 6.54 Å². The summed E-state index contributed by atoms with van der Waals surface area (Å²) in [6.07, 6.45) is 9.49. The summed E-state index contributed by atoms with van der Waals surface area (Å²) in [7, 11) is 0. The van der Waals surface area contributed by atoms with Gasteiger partial charge in [0.2, 0.25) is 0 Å². The van der Waals surface area contributed by atoms with Gasteiger partial charge in [-0.2, -0.15) is 0 Å². The molecular formula is C11H20N4. The Labute approximate surface area is 91.1 Å². The highest BCUT2D eigenvalue weighted by Crippen LogP contribution is 1.98. The number of hydrogen-bond donors (Lipinski definition) is 2. The lowest BCUT2D eigenvalue weighted by Crippen LogP contribution is -2.31. The van der Waals surface area contributed by atoms with Crippen LogP contribution in [0.2, 0.25) is 0 Å². The van der Waals surface area contributed by atoms with Gasteiger partial charge in [-0.1, -0.05) is 0 Å². The number of hydrogen-bond acceptors (Lipinski definition) is 3. The maximum absolute atomic E-state index is 4.02. The molecule has 0 amide bonds. The normalized spacial score (nSPS) is 20.9. The van der Waals surface area contributed by atoms with Gasteiger partial charge in [-0.25, -0.2) is 4.98 Å². The van der Waals surface area contributed by atoms with Gasteiger partial charge in [-0.15, -0.1) is 0 Å². The van der Waals surface area contributed by atoms with E-state index in [1.807, 2.05) is 18.7 Å². The van der Waals surface area contributed by atoms with Gasteiger partial charge in [-0.05, 0) is 32.4 Å². The molecule has 2 N–H and O–H groups in total. The second kappa shape index (κ2) is 5.88. The van der Waals surface area contributed by atoms with Crippen molar-refractivity contribution >= 4 is 0 Å². The van der Waals surface area contributed by atoms with Gasteiger partial charge in [-0.3, -0.25) is 0 Å². The first-order valence-corrected chi connectivity index (χ1v) is 5.85. The Morgan fingerprint density at radius 1 is 1.47 bits per heavy atom. The van der Waals surface area contributed by atoms with Crippen LogP contribution in [0.3, 0.4) is 0 Å². The fourth-order valence-corrected chi connectivity index (χ4v) is 1.97. The second-order valence-corrected chi connectivity index (χ2v) is 4.15. The summed E-state index contributed by atoms with van der Waals surface area (Å²) in [5.74, 6) is 0. The molecular weight excluding hydrogens is 188 g/mol. The predicted octanol–water partition coefficient (Wildman–Crippen LogP) is 0.615. The summed E-state index contributed by atoms with van der Waals surface area (Å²) < 4.78 is 2.14. The molecule has 1 unspecified atom stereocenters. The minimum absolute atomic E-state index is 0.707. The maximum Gasteiger partial charge on any atom is 0.0945 e. The lowest BCUT2D eigenvalue weighted by Gasteiger charge is -2.10. The van der Waals surface area contributed by atoms with Crippen molar-refractivity contribution in [2.75, 3.05) is 19.6 Å². The zero-order valence-corrected chi connectivity index (χ0v) is 9.15. The number of imidazole rings is 1. The quantitative estimate of drug-likeness (QED) is 0.673. The molecule has 0 aliphatic carbocycles. The second-order valence-electron chi connectivity index (χ2n) is 4.15. The summed E-state index contributed by atoms with van der Waals surface area (Å²) in [6, 6.07) is 0.707. The lowest BCUT2D eigenvalue weighted by molar-refractivity contribution is 0.509. The summed E-state index contributed by atoms with van der Waals surface area (Å²) >= 11 is 0. The summed E-state index contributed by atoms with van der Waals surface area (Å²) in [4.78, 5) is 4.02. The van der Waals surface area contributed by atoms with Gasteiger partial charge < -0.3 is 15.2 Å². The third-order valence-electron chi connectivity index (χ3n) is 2.90. The third-order valence-corrected chi connectivity index (χ3v) is 2.90. The average molecular weight is 208 g/mol. The van der Waals surface area contributed by atoms with Crippen molar-refractivity contribution in [3.8, 4) is 0 Å². The lowest BCUT2D eigenvalue weighted by atomic mass is 10.2. The highest BCUT2D eigenvalue weighted by molar-refractivity contribution is 4.77. The molecule has 0 bridgehead atoms. The van der Waals surface area contributed by atoms with Gasteiger partial charge in [0.15, 0.2) is 0 Å². The van der Waals surface area contributed by atoms with E-state index in [2.05, 4.69) is 20.2 Å². The van der Waals surface area contributed by atoms with Crippen LogP contribution in [-0.4, -0.2) is 35.2 Å². The molecule has 1 fully saturated rings. The number of nitrogens with zero attached hydrogens (tertiary/aromatic N) is 2. The first-order chi connectivity index (χ1) is 7.45. The highest BCUT2D eigenvalue weighted by atomic mass is 15.0. The fourth-order valence-electron chi connectivity index (χ4n) is 1.97. The van der Waals surface area contributed by atoms with Crippen molar-refractivity contribution in [2.24, 2.45) is 0 Å². The van der Waals surface area contributed by atoms with Crippen LogP contribution < -0.4 is 10.6 Å². The molecule has 4 nitrogen and oxygen atoms in total. The molecule has 2 rings (SSSR count). The molecule has 2 heterocycles. The topological polar surface area (TPSA) is 41.9 Å². The number of aromatic nitrogens is 2. The fraction of sp³-hybridized carbons (Fsp3) is 0.727. The average Bonchev–Trinajstić information content (AvgIpc) is 2.88. The van der Waals surface area contributed by atoms with E-state index in [9.17, 15) is 0 Å². The molecule has 15 heavy (non-hydrogen) atoms. The van der Waals surface area contributed by atoms with E-state index in [1.54, 1.807) is 0 Å². The van der Waals surface area contributed by atoms with Crippen molar-refractivity contribution in [1.82, 2.24) is 20.2 Å². The van der Waals surface area contributed by atoms with Crippen LogP contribution in [0.5, 0.6) is 0 Å². The van der Waals surface area contributed by atoms with E-state index in [1.165, 1.54) is 25.8 Å². The van der Waals surface area contributed by atoms with E-state index < -0.39 is 0 Å². The number of nitrogens with one attached hydrogen (secondary N) is 2. The van der Waals surface area contributed by atoms with Gasteiger partial charge in [0.1, 0.15) is 0 Å². The first-order valence-electron chi connectivity index (χ1n) is 5.85. The zero-order valence-electron chi connectivity index (χ0n) is 9.15. The molecule has 0 radical (unpaired) electrons.